The number of phenols is 2. The van der Waals surface area contributed by atoms with E-state index in [1.165, 1.54) is 0 Å². The molecule has 0 aliphatic carbocycles. The fraction of sp³-hybridized carbons (Fsp3) is 0. The van der Waals surface area contributed by atoms with Gasteiger partial charge >= 0.3 is 0 Å². The summed E-state index contributed by atoms with van der Waals surface area (Å²) in [7, 11) is 0. The van der Waals surface area contributed by atoms with Crippen LogP contribution in [0.1, 0.15) is 0 Å². The number of ether oxygens (including phenoxy) is 1. The molecule has 0 saturated carbocycles. The van der Waals surface area contributed by atoms with E-state index in [-0.39, 0.29) is 11.5 Å². The number of anilines is 4. The zero-order valence-corrected chi connectivity index (χ0v) is 16.7. The number of nitrogen functional groups attached to an aromatic ring is 4. The van der Waals surface area contributed by atoms with Crippen molar-refractivity contribution >= 4 is 22.7 Å². The highest BCUT2D eigenvalue weighted by molar-refractivity contribution is 5.73. The fourth-order valence-electron chi connectivity index (χ4n) is 2.65. The Hall–Kier alpha value is -4.52. The van der Waals surface area contributed by atoms with Crippen LogP contribution in [0.4, 0.5) is 22.7 Å². The van der Waals surface area contributed by atoms with Crippen LogP contribution >= 0.6 is 0 Å². The van der Waals surface area contributed by atoms with E-state index in [2.05, 4.69) is 0 Å². The lowest BCUT2D eigenvalue weighted by atomic mass is 10.0. The van der Waals surface area contributed by atoms with Gasteiger partial charge in [-0.05, 0) is 83.9 Å². The van der Waals surface area contributed by atoms with Gasteiger partial charge in [0.1, 0.15) is 23.0 Å². The lowest BCUT2D eigenvalue weighted by Crippen LogP contribution is -1.88. The van der Waals surface area contributed by atoms with E-state index in [1.807, 2.05) is 24.3 Å². The first-order chi connectivity index (χ1) is 14.8. The Labute approximate surface area is 180 Å². The van der Waals surface area contributed by atoms with Crippen LogP contribution < -0.4 is 27.7 Å². The minimum Gasteiger partial charge on any atom is -0.506 e. The highest BCUT2D eigenvalue weighted by atomic mass is 16.5. The van der Waals surface area contributed by atoms with Crippen LogP contribution in [0.5, 0.6) is 23.0 Å². The Morgan fingerprint density at radius 3 is 1.16 bits per heavy atom. The molecule has 4 aromatic carbocycles. The second-order valence-electron chi connectivity index (χ2n) is 6.79. The summed E-state index contributed by atoms with van der Waals surface area (Å²) < 4.78 is 5.58. The smallest absolute Gasteiger partial charge is 0.139 e. The molecule has 7 heteroatoms. The third-order valence-corrected chi connectivity index (χ3v) is 4.39. The first kappa shape index (κ1) is 21.2. The van der Waals surface area contributed by atoms with Crippen LogP contribution in [0.3, 0.4) is 0 Å². The third kappa shape index (κ3) is 5.74. The number of hydrogen-bond donors (Lipinski definition) is 6. The van der Waals surface area contributed by atoms with Gasteiger partial charge in [-0.3, -0.25) is 0 Å². The number of nitrogens with two attached hydrogens (primary N) is 4. The molecule has 158 valence electrons. The lowest BCUT2D eigenvalue weighted by molar-refractivity contribution is 0.477. The topological polar surface area (TPSA) is 154 Å². The molecule has 7 nitrogen and oxygen atoms in total. The first-order valence-corrected chi connectivity index (χ1v) is 9.38. The number of rotatable bonds is 3. The second kappa shape index (κ2) is 9.32. The van der Waals surface area contributed by atoms with Crippen molar-refractivity contribution in [1.29, 1.82) is 0 Å². The Morgan fingerprint density at radius 2 is 0.839 bits per heavy atom. The van der Waals surface area contributed by atoms with Crippen molar-refractivity contribution in [2.24, 2.45) is 0 Å². The van der Waals surface area contributed by atoms with Gasteiger partial charge in [-0.25, -0.2) is 0 Å². The highest BCUT2D eigenvalue weighted by Crippen LogP contribution is 2.31. The Kier molecular flexibility index (Phi) is 6.37. The molecule has 0 aliphatic heterocycles. The third-order valence-electron chi connectivity index (χ3n) is 4.39. The number of phenolic OH excluding ortho intramolecular Hbond substituents is 2. The molecule has 0 amide bonds. The van der Waals surface area contributed by atoms with E-state index >= 15 is 0 Å². The molecule has 31 heavy (non-hydrogen) atoms. The summed E-state index contributed by atoms with van der Waals surface area (Å²) in [5, 5.41) is 18.9. The maximum atomic E-state index is 9.47. The normalized spacial score (nSPS) is 10.1. The van der Waals surface area contributed by atoms with Crippen molar-refractivity contribution in [3.63, 3.8) is 0 Å². The minimum atomic E-state index is 0.0221. The summed E-state index contributed by atoms with van der Waals surface area (Å²) in [5.41, 5.74) is 25.8. The molecule has 4 aromatic rings. The van der Waals surface area contributed by atoms with E-state index in [1.54, 1.807) is 60.7 Å². The van der Waals surface area contributed by atoms with E-state index in [4.69, 9.17) is 27.7 Å². The maximum absolute atomic E-state index is 9.47. The number of benzene rings is 4. The van der Waals surface area contributed by atoms with Gasteiger partial charge in [-0.1, -0.05) is 12.1 Å². The summed E-state index contributed by atoms with van der Waals surface area (Å²) in [4.78, 5) is 0. The monoisotopic (exact) mass is 416 g/mol. The van der Waals surface area contributed by atoms with Crippen LogP contribution in [-0.2, 0) is 0 Å². The molecule has 0 aliphatic rings. The zero-order valence-electron chi connectivity index (χ0n) is 16.7. The average molecular weight is 416 g/mol. The summed E-state index contributed by atoms with van der Waals surface area (Å²) in [6, 6.07) is 24.3. The quantitative estimate of drug-likeness (QED) is 0.211. The molecule has 4 rings (SSSR count). The van der Waals surface area contributed by atoms with Crippen molar-refractivity contribution in [3.05, 3.63) is 84.9 Å². The molecule has 0 saturated heterocycles. The summed E-state index contributed by atoms with van der Waals surface area (Å²) in [6.45, 7) is 0. The van der Waals surface area contributed by atoms with Crippen molar-refractivity contribution in [2.45, 2.75) is 0 Å². The van der Waals surface area contributed by atoms with Crippen molar-refractivity contribution in [2.75, 3.05) is 22.9 Å². The summed E-state index contributed by atoms with van der Waals surface area (Å²) in [6.07, 6.45) is 0. The molecule has 0 aromatic heterocycles. The standard InChI is InChI=1S/C12H12N2O2.C12H12N2O/c13-9-3-1-7(5-11(9)15)8-2-4-10(14)12(16)6-8;13-9-1-5-11(6-2-9)15-12-7-3-10(14)4-8-12/h1-6,15-16H,13-14H2;1-8H,13-14H2. The number of hydrogen-bond acceptors (Lipinski definition) is 7. The van der Waals surface area contributed by atoms with Gasteiger partial charge in [-0.15, -0.1) is 0 Å². The zero-order chi connectivity index (χ0) is 22.4. The Bertz CT molecular complexity index is 1070. The molecular weight excluding hydrogens is 392 g/mol. The van der Waals surface area contributed by atoms with Crippen LogP contribution in [0, 0.1) is 0 Å². The minimum absolute atomic E-state index is 0.0221. The highest BCUT2D eigenvalue weighted by Gasteiger charge is 2.04. The molecule has 0 spiro atoms. The molecule has 0 unspecified atom stereocenters. The molecule has 0 atom stereocenters. The number of aromatic hydroxyl groups is 2. The largest absolute Gasteiger partial charge is 0.506 e. The van der Waals surface area contributed by atoms with E-state index in [0.717, 1.165) is 34.0 Å². The van der Waals surface area contributed by atoms with E-state index in [0.29, 0.717) is 11.4 Å². The molecule has 0 heterocycles. The second-order valence-corrected chi connectivity index (χ2v) is 6.79. The van der Waals surface area contributed by atoms with E-state index in [9.17, 15) is 10.2 Å². The Morgan fingerprint density at radius 1 is 0.484 bits per heavy atom. The molecule has 0 radical (unpaired) electrons. The summed E-state index contributed by atoms with van der Waals surface area (Å²) >= 11 is 0. The van der Waals surface area contributed by atoms with Crippen molar-refractivity contribution < 1.29 is 14.9 Å². The van der Waals surface area contributed by atoms with Gasteiger partial charge in [0.25, 0.3) is 0 Å². The molecule has 0 bridgehead atoms. The molecule has 10 N–H and O–H groups in total. The van der Waals surface area contributed by atoms with Crippen LogP contribution in [0.15, 0.2) is 84.9 Å². The van der Waals surface area contributed by atoms with Crippen LogP contribution in [0.25, 0.3) is 11.1 Å². The average Bonchev–Trinajstić information content (AvgIpc) is 2.76. The van der Waals surface area contributed by atoms with Gasteiger partial charge in [0.15, 0.2) is 0 Å². The van der Waals surface area contributed by atoms with Gasteiger partial charge in [0.05, 0.1) is 11.4 Å². The Balaban J connectivity index is 0.000000176. The molecular formula is C24H24N4O3. The maximum Gasteiger partial charge on any atom is 0.139 e. The first-order valence-electron chi connectivity index (χ1n) is 9.38. The van der Waals surface area contributed by atoms with Crippen LogP contribution in [0.2, 0.25) is 0 Å². The summed E-state index contributed by atoms with van der Waals surface area (Å²) in [5.74, 6) is 1.56. The predicted octanol–water partition coefficient (Wildman–Crippen LogP) is 4.57. The van der Waals surface area contributed by atoms with E-state index < -0.39 is 0 Å². The fourth-order valence-corrected chi connectivity index (χ4v) is 2.65. The van der Waals surface area contributed by atoms with Crippen LogP contribution in [-0.4, -0.2) is 10.2 Å². The SMILES string of the molecule is Nc1ccc(-c2ccc(N)c(O)c2)cc1O.Nc1ccc(Oc2ccc(N)cc2)cc1. The van der Waals surface area contributed by atoms with Gasteiger partial charge in [0, 0.05) is 11.4 Å². The van der Waals surface area contributed by atoms with Gasteiger partial charge in [-0.2, -0.15) is 0 Å². The van der Waals surface area contributed by atoms with Gasteiger partial charge < -0.3 is 37.9 Å². The molecule has 0 fully saturated rings. The van der Waals surface area contributed by atoms with Crippen molar-refractivity contribution in [1.82, 2.24) is 0 Å². The van der Waals surface area contributed by atoms with Gasteiger partial charge in [0.2, 0.25) is 0 Å². The lowest BCUT2D eigenvalue weighted by Gasteiger charge is -2.06. The predicted molar refractivity (Wildman–Crippen MR) is 126 cm³/mol. The van der Waals surface area contributed by atoms with Crippen molar-refractivity contribution in [3.8, 4) is 34.1 Å².